The van der Waals surface area contributed by atoms with Gasteiger partial charge in [-0.2, -0.15) is 0 Å². The fraction of sp³-hybridized carbons (Fsp3) is 0.440. The fourth-order valence-corrected chi connectivity index (χ4v) is 5.02. The molecule has 1 aliphatic rings. The van der Waals surface area contributed by atoms with Gasteiger partial charge in [-0.1, -0.05) is 48.2 Å². The monoisotopic (exact) mass is 452 g/mol. The van der Waals surface area contributed by atoms with Crippen LogP contribution in [-0.4, -0.2) is 46.5 Å². The molecule has 3 aromatic rings. The van der Waals surface area contributed by atoms with Gasteiger partial charge in [-0.25, -0.2) is 0 Å². The Labute approximate surface area is 194 Å². The van der Waals surface area contributed by atoms with Gasteiger partial charge in [-0.05, 0) is 55.6 Å². The molecular formula is C25H32N4O2S. The SMILES string of the molecule is COc1ccc(CN(C)Cc2nnc(SCc3ccccc3C)n2CC2CCCO2)cc1. The average molecular weight is 453 g/mol. The zero-order valence-corrected chi connectivity index (χ0v) is 20.0. The molecular weight excluding hydrogens is 420 g/mol. The molecule has 32 heavy (non-hydrogen) atoms. The van der Waals surface area contributed by atoms with Gasteiger partial charge < -0.3 is 14.0 Å². The summed E-state index contributed by atoms with van der Waals surface area (Å²) >= 11 is 1.76. The first-order valence-electron chi connectivity index (χ1n) is 11.1. The Bertz CT molecular complexity index is 999. The molecule has 170 valence electrons. The highest BCUT2D eigenvalue weighted by Gasteiger charge is 2.22. The van der Waals surface area contributed by atoms with Crippen LogP contribution in [0.15, 0.2) is 53.7 Å². The fourth-order valence-electron chi connectivity index (χ4n) is 3.97. The lowest BCUT2D eigenvalue weighted by atomic mass is 10.1. The number of rotatable bonds is 10. The molecule has 0 amide bonds. The number of ether oxygens (including phenoxy) is 2. The summed E-state index contributed by atoms with van der Waals surface area (Å²) in [4.78, 5) is 2.27. The highest BCUT2D eigenvalue weighted by molar-refractivity contribution is 7.98. The molecule has 1 aliphatic heterocycles. The second-order valence-corrected chi connectivity index (χ2v) is 9.32. The maximum atomic E-state index is 5.93. The second-order valence-electron chi connectivity index (χ2n) is 8.38. The van der Waals surface area contributed by atoms with Crippen molar-refractivity contribution in [2.24, 2.45) is 0 Å². The van der Waals surface area contributed by atoms with Crippen LogP contribution < -0.4 is 4.74 Å². The number of thioether (sulfide) groups is 1. The molecule has 1 unspecified atom stereocenters. The van der Waals surface area contributed by atoms with Gasteiger partial charge in [0, 0.05) is 18.9 Å². The molecule has 0 spiro atoms. The van der Waals surface area contributed by atoms with Crippen molar-refractivity contribution in [2.75, 3.05) is 20.8 Å². The summed E-state index contributed by atoms with van der Waals surface area (Å²) in [6.07, 6.45) is 2.47. The van der Waals surface area contributed by atoms with Crippen molar-refractivity contribution in [3.8, 4) is 5.75 Å². The highest BCUT2D eigenvalue weighted by Crippen LogP contribution is 2.26. The van der Waals surface area contributed by atoms with E-state index in [1.54, 1.807) is 18.9 Å². The van der Waals surface area contributed by atoms with Gasteiger partial charge in [-0.3, -0.25) is 4.90 Å². The molecule has 2 heterocycles. The zero-order valence-electron chi connectivity index (χ0n) is 19.2. The number of hydrogen-bond acceptors (Lipinski definition) is 6. The third-order valence-corrected chi connectivity index (χ3v) is 6.86. The van der Waals surface area contributed by atoms with E-state index in [2.05, 4.69) is 70.0 Å². The summed E-state index contributed by atoms with van der Waals surface area (Å²) in [5.41, 5.74) is 3.89. The minimum atomic E-state index is 0.245. The number of aromatic nitrogens is 3. The molecule has 0 aliphatic carbocycles. The van der Waals surface area contributed by atoms with E-state index in [9.17, 15) is 0 Å². The van der Waals surface area contributed by atoms with Crippen molar-refractivity contribution in [3.05, 3.63) is 71.0 Å². The number of nitrogens with zero attached hydrogens (tertiary/aromatic N) is 4. The average Bonchev–Trinajstić information content (AvgIpc) is 3.45. The number of aryl methyl sites for hydroxylation is 1. The Hall–Kier alpha value is -2.35. The third-order valence-electron chi connectivity index (χ3n) is 5.84. The van der Waals surface area contributed by atoms with E-state index in [4.69, 9.17) is 9.47 Å². The van der Waals surface area contributed by atoms with Crippen molar-refractivity contribution in [2.45, 2.75) is 56.4 Å². The van der Waals surface area contributed by atoms with Crippen molar-refractivity contribution < 1.29 is 9.47 Å². The first-order valence-corrected chi connectivity index (χ1v) is 12.1. The Morgan fingerprint density at radius 1 is 1.12 bits per heavy atom. The molecule has 0 saturated carbocycles. The summed E-state index contributed by atoms with van der Waals surface area (Å²) in [7, 11) is 3.81. The van der Waals surface area contributed by atoms with E-state index < -0.39 is 0 Å². The minimum Gasteiger partial charge on any atom is -0.497 e. The van der Waals surface area contributed by atoms with Gasteiger partial charge in [-0.15, -0.1) is 10.2 Å². The molecule has 1 saturated heterocycles. The van der Waals surface area contributed by atoms with E-state index in [-0.39, 0.29) is 6.10 Å². The van der Waals surface area contributed by atoms with Crippen LogP contribution in [0.1, 0.15) is 35.4 Å². The van der Waals surface area contributed by atoms with E-state index in [1.165, 1.54) is 16.7 Å². The first-order chi connectivity index (χ1) is 15.6. The lowest BCUT2D eigenvalue weighted by Gasteiger charge is -2.19. The van der Waals surface area contributed by atoms with Crippen LogP contribution >= 0.6 is 11.8 Å². The molecule has 0 radical (unpaired) electrons. The van der Waals surface area contributed by atoms with E-state index in [0.29, 0.717) is 0 Å². The minimum absolute atomic E-state index is 0.245. The van der Waals surface area contributed by atoms with E-state index in [0.717, 1.165) is 61.6 Å². The Balaban J connectivity index is 1.46. The van der Waals surface area contributed by atoms with Gasteiger partial charge in [0.15, 0.2) is 5.16 Å². The van der Waals surface area contributed by atoms with Gasteiger partial charge in [0.1, 0.15) is 11.6 Å². The largest absolute Gasteiger partial charge is 0.497 e. The molecule has 2 aromatic carbocycles. The molecule has 7 heteroatoms. The second kappa shape index (κ2) is 11.0. The summed E-state index contributed by atoms with van der Waals surface area (Å²) in [5, 5.41) is 10.1. The summed E-state index contributed by atoms with van der Waals surface area (Å²) in [5.74, 6) is 2.75. The van der Waals surface area contributed by atoms with Crippen LogP contribution in [0.2, 0.25) is 0 Å². The third kappa shape index (κ3) is 5.91. The standard InChI is InChI=1S/C25H32N4O2S/c1-19-7-4-5-8-21(19)18-32-25-27-26-24(29(25)16-23-9-6-14-31-23)17-28(2)15-20-10-12-22(30-3)13-11-20/h4-5,7-8,10-13,23H,6,9,14-18H2,1-3H3. The number of methoxy groups -OCH3 is 1. The zero-order chi connectivity index (χ0) is 22.3. The molecule has 6 nitrogen and oxygen atoms in total. The predicted octanol–water partition coefficient (Wildman–Crippen LogP) is 4.70. The van der Waals surface area contributed by atoms with Crippen LogP contribution in [0, 0.1) is 6.92 Å². The maximum absolute atomic E-state index is 5.93. The predicted molar refractivity (Wildman–Crippen MR) is 128 cm³/mol. The lowest BCUT2D eigenvalue weighted by molar-refractivity contribution is 0.0934. The maximum Gasteiger partial charge on any atom is 0.191 e. The molecule has 1 atom stereocenters. The van der Waals surface area contributed by atoms with Crippen LogP contribution in [0.3, 0.4) is 0 Å². The normalized spacial score (nSPS) is 16.1. The topological polar surface area (TPSA) is 52.4 Å². The van der Waals surface area contributed by atoms with Crippen molar-refractivity contribution in [1.29, 1.82) is 0 Å². The Morgan fingerprint density at radius 3 is 2.66 bits per heavy atom. The van der Waals surface area contributed by atoms with Gasteiger partial charge in [0.25, 0.3) is 0 Å². The van der Waals surface area contributed by atoms with Gasteiger partial charge in [0.05, 0.1) is 26.3 Å². The number of benzene rings is 2. The first kappa shape index (κ1) is 22.8. The smallest absolute Gasteiger partial charge is 0.191 e. The van der Waals surface area contributed by atoms with Crippen LogP contribution in [0.5, 0.6) is 5.75 Å². The Morgan fingerprint density at radius 2 is 1.94 bits per heavy atom. The molecule has 4 rings (SSSR count). The lowest BCUT2D eigenvalue weighted by Crippen LogP contribution is -2.23. The quantitative estimate of drug-likeness (QED) is 0.416. The van der Waals surface area contributed by atoms with E-state index >= 15 is 0 Å². The van der Waals surface area contributed by atoms with E-state index in [1.807, 2.05) is 12.1 Å². The summed E-state index contributed by atoms with van der Waals surface area (Å²) in [6, 6.07) is 16.7. The van der Waals surface area contributed by atoms with Gasteiger partial charge in [0.2, 0.25) is 0 Å². The van der Waals surface area contributed by atoms with Crippen LogP contribution in [0.4, 0.5) is 0 Å². The molecule has 1 fully saturated rings. The van der Waals surface area contributed by atoms with Crippen molar-refractivity contribution in [3.63, 3.8) is 0 Å². The number of hydrogen-bond donors (Lipinski definition) is 0. The highest BCUT2D eigenvalue weighted by atomic mass is 32.2. The molecule has 0 bridgehead atoms. The van der Waals surface area contributed by atoms with Crippen molar-refractivity contribution in [1.82, 2.24) is 19.7 Å². The Kier molecular flexibility index (Phi) is 7.84. The van der Waals surface area contributed by atoms with Crippen LogP contribution in [0.25, 0.3) is 0 Å². The van der Waals surface area contributed by atoms with Crippen molar-refractivity contribution >= 4 is 11.8 Å². The molecule has 1 aromatic heterocycles. The summed E-state index contributed by atoms with van der Waals surface area (Å²) < 4.78 is 13.5. The summed E-state index contributed by atoms with van der Waals surface area (Å²) in [6.45, 7) is 5.39. The van der Waals surface area contributed by atoms with Gasteiger partial charge >= 0.3 is 0 Å². The molecule has 0 N–H and O–H groups in total. The van der Waals surface area contributed by atoms with Crippen LogP contribution in [-0.2, 0) is 30.1 Å².